The van der Waals surface area contributed by atoms with Gasteiger partial charge in [0.25, 0.3) is 0 Å². The first kappa shape index (κ1) is 12.9. The van der Waals surface area contributed by atoms with E-state index in [1.165, 1.54) is 0 Å². The Kier molecular flexibility index (Phi) is 3.30. The maximum absolute atomic E-state index is 11.2. The Labute approximate surface area is 118 Å². The van der Waals surface area contributed by atoms with E-state index >= 15 is 0 Å². The molecule has 1 unspecified atom stereocenters. The lowest BCUT2D eigenvalue weighted by molar-refractivity contribution is -0.136. The van der Waals surface area contributed by atoms with Crippen LogP contribution in [0.5, 0.6) is 0 Å². The maximum atomic E-state index is 11.2. The van der Waals surface area contributed by atoms with Crippen molar-refractivity contribution in [2.24, 2.45) is 5.92 Å². The molecule has 1 aromatic heterocycles. The highest BCUT2D eigenvalue weighted by Crippen LogP contribution is 2.29. The third kappa shape index (κ3) is 2.33. The van der Waals surface area contributed by atoms with E-state index < -0.39 is 5.97 Å². The van der Waals surface area contributed by atoms with Crippen LogP contribution < -0.4 is 0 Å². The molecule has 3 rings (SSSR count). The van der Waals surface area contributed by atoms with Crippen molar-refractivity contribution in [3.8, 4) is 11.3 Å². The Morgan fingerprint density at radius 2 is 2.15 bits per heavy atom. The minimum absolute atomic E-state index is 0.0333. The van der Waals surface area contributed by atoms with Gasteiger partial charge in [-0.1, -0.05) is 37.3 Å². The molecule has 0 bridgehead atoms. The number of hydrogen-bond acceptors (Lipinski definition) is 2. The second-order valence-electron chi connectivity index (χ2n) is 5.51. The molecule has 1 aliphatic rings. The average molecular weight is 270 g/mol. The number of rotatable bonds is 3. The van der Waals surface area contributed by atoms with Crippen LogP contribution in [0.25, 0.3) is 11.3 Å². The van der Waals surface area contributed by atoms with E-state index in [0.717, 1.165) is 42.2 Å². The lowest BCUT2D eigenvalue weighted by atomic mass is 10.0. The Balaban J connectivity index is 2.11. The minimum Gasteiger partial charge on any atom is -0.481 e. The van der Waals surface area contributed by atoms with Crippen molar-refractivity contribution in [2.75, 3.05) is 0 Å². The molecule has 4 heteroatoms. The molecular weight excluding hydrogens is 252 g/mol. The standard InChI is InChI=1S/C16H18N2O2/c1-11-7-8-18-13(10-15(19)20)16(17-14(18)9-11)12-5-3-2-4-6-12/h2-6,11H,7-10H2,1H3,(H,19,20). The molecule has 0 saturated carbocycles. The zero-order chi connectivity index (χ0) is 14.1. The molecule has 1 aliphatic heterocycles. The highest BCUT2D eigenvalue weighted by molar-refractivity contribution is 5.74. The van der Waals surface area contributed by atoms with Crippen LogP contribution in [-0.2, 0) is 24.2 Å². The summed E-state index contributed by atoms with van der Waals surface area (Å²) in [6.45, 7) is 3.09. The van der Waals surface area contributed by atoms with Crippen molar-refractivity contribution in [1.29, 1.82) is 0 Å². The molecule has 2 heterocycles. The molecule has 0 radical (unpaired) electrons. The number of carbonyl (C=O) groups is 1. The number of aliphatic carboxylic acids is 1. The first-order valence-corrected chi connectivity index (χ1v) is 7.00. The minimum atomic E-state index is -0.802. The summed E-state index contributed by atoms with van der Waals surface area (Å²) in [5.74, 6) is 0.841. The topological polar surface area (TPSA) is 55.1 Å². The predicted octanol–water partition coefficient (Wildman–Crippen LogP) is 2.76. The van der Waals surface area contributed by atoms with E-state index in [9.17, 15) is 4.79 Å². The number of aromatic nitrogens is 2. The number of carboxylic acids is 1. The van der Waals surface area contributed by atoms with Crippen molar-refractivity contribution in [3.05, 3.63) is 41.9 Å². The third-order valence-electron chi connectivity index (χ3n) is 3.89. The van der Waals surface area contributed by atoms with E-state index in [1.54, 1.807) is 0 Å². The summed E-state index contributed by atoms with van der Waals surface area (Å²) in [4.78, 5) is 15.9. The molecule has 1 N–H and O–H groups in total. The first-order chi connectivity index (χ1) is 9.65. The summed E-state index contributed by atoms with van der Waals surface area (Å²) in [7, 11) is 0. The van der Waals surface area contributed by atoms with Gasteiger partial charge in [0.05, 0.1) is 17.8 Å². The molecule has 104 valence electrons. The molecule has 2 aromatic rings. The largest absolute Gasteiger partial charge is 0.481 e. The van der Waals surface area contributed by atoms with E-state index in [4.69, 9.17) is 10.1 Å². The van der Waals surface area contributed by atoms with Crippen LogP contribution in [0.15, 0.2) is 30.3 Å². The van der Waals surface area contributed by atoms with Crippen LogP contribution in [0.2, 0.25) is 0 Å². The van der Waals surface area contributed by atoms with E-state index in [0.29, 0.717) is 5.92 Å². The maximum Gasteiger partial charge on any atom is 0.309 e. The number of fused-ring (bicyclic) bond motifs is 1. The Hall–Kier alpha value is -2.10. The van der Waals surface area contributed by atoms with Crippen LogP contribution in [0.4, 0.5) is 0 Å². The normalized spacial score (nSPS) is 17.8. The fraction of sp³-hybridized carbons (Fsp3) is 0.375. The van der Waals surface area contributed by atoms with Gasteiger partial charge in [-0.2, -0.15) is 0 Å². The summed E-state index contributed by atoms with van der Waals surface area (Å²) in [5, 5.41) is 9.17. The molecule has 0 saturated heterocycles. The Morgan fingerprint density at radius 3 is 2.85 bits per heavy atom. The van der Waals surface area contributed by atoms with Gasteiger partial charge in [0.2, 0.25) is 0 Å². The van der Waals surface area contributed by atoms with Crippen molar-refractivity contribution >= 4 is 5.97 Å². The molecule has 1 atom stereocenters. The van der Waals surface area contributed by atoms with Gasteiger partial charge in [-0.3, -0.25) is 4.79 Å². The number of benzene rings is 1. The van der Waals surface area contributed by atoms with Gasteiger partial charge in [0, 0.05) is 18.5 Å². The zero-order valence-corrected chi connectivity index (χ0v) is 11.5. The van der Waals surface area contributed by atoms with Crippen molar-refractivity contribution in [1.82, 2.24) is 9.55 Å². The first-order valence-electron chi connectivity index (χ1n) is 7.00. The second-order valence-corrected chi connectivity index (χ2v) is 5.51. The number of imidazole rings is 1. The number of carboxylic acid groups (broad SMARTS) is 1. The average Bonchev–Trinajstić information content (AvgIpc) is 2.77. The van der Waals surface area contributed by atoms with Gasteiger partial charge in [-0.05, 0) is 12.3 Å². The molecule has 0 amide bonds. The summed E-state index contributed by atoms with van der Waals surface area (Å²) >= 11 is 0. The van der Waals surface area contributed by atoms with Gasteiger partial charge in [0.1, 0.15) is 5.82 Å². The highest BCUT2D eigenvalue weighted by atomic mass is 16.4. The van der Waals surface area contributed by atoms with Gasteiger partial charge in [-0.25, -0.2) is 4.98 Å². The smallest absolute Gasteiger partial charge is 0.309 e. The lowest BCUT2D eigenvalue weighted by Gasteiger charge is -2.21. The Bertz CT molecular complexity index is 631. The van der Waals surface area contributed by atoms with Crippen LogP contribution in [0.1, 0.15) is 24.9 Å². The van der Waals surface area contributed by atoms with E-state index in [2.05, 4.69) is 11.5 Å². The van der Waals surface area contributed by atoms with E-state index in [1.807, 2.05) is 30.3 Å². The van der Waals surface area contributed by atoms with Crippen LogP contribution in [0.3, 0.4) is 0 Å². The Morgan fingerprint density at radius 1 is 1.40 bits per heavy atom. The SMILES string of the molecule is CC1CCn2c(nc(-c3ccccc3)c2CC(=O)O)C1. The third-order valence-corrected chi connectivity index (χ3v) is 3.89. The molecule has 0 spiro atoms. The van der Waals surface area contributed by atoms with Crippen LogP contribution in [0, 0.1) is 5.92 Å². The van der Waals surface area contributed by atoms with Crippen LogP contribution in [-0.4, -0.2) is 20.6 Å². The summed E-state index contributed by atoms with van der Waals surface area (Å²) in [6.07, 6.45) is 2.05. The van der Waals surface area contributed by atoms with Crippen molar-refractivity contribution < 1.29 is 9.90 Å². The molecule has 0 fully saturated rings. The fourth-order valence-electron chi connectivity index (χ4n) is 2.87. The van der Waals surface area contributed by atoms with Crippen molar-refractivity contribution in [3.63, 3.8) is 0 Å². The van der Waals surface area contributed by atoms with Crippen molar-refractivity contribution in [2.45, 2.75) is 32.7 Å². The van der Waals surface area contributed by atoms with Gasteiger partial charge < -0.3 is 9.67 Å². The monoisotopic (exact) mass is 270 g/mol. The lowest BCUT2D eigenvalue weighted by Crippen LogP contribution is -2.20. The summed E-state index contributed by atoms with van der Waals surface area (Å²) in [6, 6.07) is 9.85. The summed E-state index contributed by atoms with van der Waals surface area (Å²) < 4.78 is 2.11. The number of nitrogens with zero attached hydrogens (tertiary/aromatic N) is 2. The number of hydrogen-bond donors (Lipinski definition) is 1. The molecule has 20 heavy (non-hydrogen) atoms. The summed E-state index contributed by atoms with van der Waals surface area (Å²) in [5.41, 5.74) is 2.67. The zero-order valence-electron chi connectivity index (χ0n) is 11.5. The fourth-order valence-corrected chi connectivity index (χ4v) is 2.87. The van der Waals surface area contributed by atoms with Crippen LogP contribution >= 0.6 is 0 Å². The molecule has 1 aromatic carbocycles. The second kappa shape index (κ2) is 5.12. The van der Waals surface area contributed by atoms with Gasteiger partial charge in [-0.15, -0.1) is 0 Å². The molecule has 4 nitrogen and oxygen atoms in total. The highest BCUT2D eigenvalue weighted by Gasteiger charge is 2.24. The van der Waals surface area contributed by atoms with Gasteiger partial charge >= 0.3 is 5.97 Å². The molecular formula is C16H18N2O2. The van der Waals surface area contributed by atoms with E-state index in [-0.39, 0.29) is 6.42 Å². The quantitative estimate of drug-likeness (QED) is 0.933. The predicted molar refractivity (Wildman–Crippen MR) is 76.5 cm³/mol. The van der Waals surface area contributed by atoms with Gasteiger partial charge in [0.15, 0.2) is 0 Å². The molecule has 0 aliphatic carbocycles.